The number of rotatable bonds is 11. The number of aliphatic hydroxyl groups excluding tert-OH is 1. The number of hydrogen-bond donors (Lipinski definition) is 3. The van der Waals surface area contributed by atoms with Crippen LogP contribution in [0.3, 0.4) is 0 Å². The van der Waals surface area contributed by atoms with Gasteiger partial charge in [-0.1, -0.05) is 26.0 Å². The lowest BCUT2D eigenvalue weighted by molar-refractivity contribution is 0.128. The summed E-state index contributed by atoms with van der Waals surface area (Å²) in [7, 11) is 0. The number of anilines is 1. The highest BCUT2D eigenvalue weighted by Crippen LogP contribution is 2.23. The van der Waals surface area contributed by atoms with Crippen molar-refractivity contribution in [1.82, 2.24) is 10.6 Å². The molecule has 172 valence electrons. The molecule has 7 heteroatoms. The maximum Gasteiger partial charge on any atom is 0.191 e. The Balaban J connectivity index is 0.00000450. The summed E-state index contributed by atoms with van der Waals surface area (Å²) in [6.07, 6.45) is 3.24. The van der Waals surface area contributed by atoms with Crippen LogP contribution in [0.4, 0.5) is 5.69 Å². The molecule has 3 N–H and O–H groups in total. The Kier molecular flexibility index (Phi) is 14.1. The molecule has 1 aliphatic heterocycles. The highest BCUT2D eigenvalue weighted by atomic mass is 127. The first kappa shape index (κ1) is 27.0. The van der Waals surface area contributed by atoms with Crippen LogP contribution in [0.15, 0.2) is 29.3 Å². The van der Waals surface area contributed by atoms with Gasteiger partial charge >= 0.3 is 0 Å². The highest BCUT2D eigenvalue weighted by molar-refractivity contribution is 14.0. The van der Waals surface area contributed by atoms with Crippen molar-refractivity contribution in [1.29, 1.82) is 0 Å². The van der Waals surface area contributed by atoms with E-state index < -0.39 is 0 Å². The van der Waals surface area contributed by atoms with Gasteiger partial charge < -0.3 is 25.4 Å². The van der Waals surface area contributed by atoms with Gasteiger partial charge in [0.05, 0.1) is 13.2 Å². The summed E-state index contributed by atoms with van der Waals surface area (Å²) in [6.45, 7) is 12.6. The standard InChI is InChI=1S/C23H40N4O2.HI/c1-4-24-23(25-12-16-29-15-11-19(2)3)26-17-20-5-7-22(8-6-20)27-13-9-21(18-28)10-14-27;/h5-8,19,21,28H,4,9-18H2,1-3H3,(H2,24,25,26);1H. The van der Waals surface area contributed by atoms with E-state index in [-0.39, 0.29) is 24.0 Å². The van der Waals surface area contributed by atoms with Gasteiger partial charge in [-0.3, -0.25) is 0 Å². The van der Waals surface area contributed by atoms with Crippen molar-refractivity contribution in [3.05, 3.63) is 29.8 Å². The van der Waals surface area contributed by atoms with Gasteiger partial charge in [-0.15, -0.1) is 24.0 Å². The number of piperidine rings is 1. The van der Waals surface area contributed by atoms with Crippen LogP contribution in [0.5, 0.6) is 0 Å². The Bertz CT molecular complexity index is 587. The van der Waals surface area contributed by atoms with E-state index in [0.717, 1.165) is 58.0 Å². The van der Waals surface area contributed by atoms with E-state index in [0.29, 0.717) is 31.6 Å². The quantitative estimate of drug-likeness (QED) is 0.176. The van der Waals surface area contributed by atoms with E-state index in [1.807, 2.05) is 0 Å². The number of aliphatic hydroxyl groups is 1. The van der Waals surface area contributed by atoms with Crippen molar-refractivity contribution < 1.29 is 9.84 Å². The van der Waals surface area contributed by atoms with Crippen LogP contribution in [0.25, 0.3) is 0 Å². The Morgan fingerprint density at radius 3 is 2.47 bits per heavy atom. The first-order valence-corrected chi connectivity index (χ1v) is 11.2. The van der Waals surface area contributed by atoms with Crippen molar-refractivity contribution >= 4 is 35.6 Å². The predicted octanol–water partition coefficient (Wildman–Crippen LogP) is 3.63. The molecule has 1 heterocycles. The molecule has 1 aromatic carbocycles. The first-order valence-electron chi connectivity index (χ1n) is 11.2. The second-order valence-corrected chi connectivity index (χ2v) is 8.20. The zero-order valence-corrected chi connectivity index (χ0v) is 21.2. The van der Waals surface area contributed by atoms with Crippen LogP contribution in [-0.2, 0) is 11.3 Å². The first-order chi connectivity index (χ1) is 14.1. The fourth-order valence-corrected chi connectivity index (χ4v) is 3.36. The van der Waals surface area contributed by atoms with Gasteiger partial charge in [0.25, 0.3) is 0 Å². The molecule has 1 saturated heterocycles. The third-order valence-corrected chi connectivity index (χ3v) is 5.32. The molecule has 0 saturated carbocycles. The van der Waals surface area contributed by atoms with Crippen LogP contribution in [-0.4, -0.2) is 57.1 Å². The monoisotopic (exact) mass is 532 g/mol. The average Bonchev–Trinajstić information content (AvgIpc) is 2.74. The molecular formula is C23H41IN4O2. The minimum absolute atomic E-state index is 0. The highest BCUT2D eigenvalue weighted by Gasteiger charge is 2.18. The summed E-state index contributed by atoms with van der Waals surface area (Å²) >= 11 is 0. The van der Waals surface area contributed by atoms with Crippen LogP contribution >= 0.6 is 24.0 Å². The van der Waals surface area contributed by atoms with E-state index in [1.54, 1.807) is 0 Å². The molecule has 1 aliphatic rings. The van der Waals surface area contributed by atoms with Gasteiger partial charge in [0, 0.05) is 45.1 Å². The van der Waals surface area contributed by atoms with Crippen molar-refractivity contribution in [3.8, 4) is 0 Å². The number of hydrogen-bond acceptors (Lipinski definition) is 4. The number of nitrogens with one attached hydrogen (secondary N) is 2. The van der Waals surface area contributed by atoms with Crippen molar-refractivity contribution in [3.63, 3.8) is 0 Å². The number of aliphatic imine (C=N–C) groups is 1. The average molecular weight is 533 g/mol. The number of ether oxygens (including phenoxy) is 1. The Labute approximate surface area is 199 Å². The molecule has 1 aromatic rings. The predicted molar refractivity (Wildman–Crippen MR) is 137 cm³/mol. The molecule has 1 fully saturated rings. The summed E-state index contributed by atoms with van der Waals surface area (Å²) in [4.78, 5) is 7.10. The third kappa shape index (κ3) is 10.3. The van der Waals surface area contributed by atoms with Crippen molar-refractivity contribution in [2.45, 2.75) is 46.6 Å². The number of halogens is 1. The molecule has 0 aliphatic carbocycles. The van der Waals surface area contributed by atoms with E-state index in [9.17, 15) is 5.11 Å². The molecule has 6 nitrogen and oxygen atoms in total. The van der Waals surface area contributed by atoms with Crippen molar-refractivity contribution in [2.75, 3.05) is 50.9 Å². The smallest absolute Gasteiger partial charge is 0.191 e. The second kappa shape index (κ2) is 15.7. The lowest BCUT2D eigenvalue weighted by Crippen LogP contribution is -2.39. The minimum Gasteiger partial charge on any atom is -0.396 e. The fourth-order valence-electron chi connectivity index (χ4n) is 3.36. The summed E-state index contributed by atoms with van der Waals surface area (Å²) in [6, 6.07) is 8.70. The van der Waals surface area contributed by atoms with Gasteiger partial charge in [-0.25, -0.2) is 4.99 Å². The largest absolute Gasteiger partial charge is 0.396 e. The van der Waals surface area contributed by atoms with Crippen LogP contribution < -0.4 is 15.5 Å². The maximum atomic E-state index is 9.29. The molecule has 0 bridgehead atoms. The maximum absolute atomic E-state index is 9.29. The Morgan fingerprint density at radius 1 is 1.17 bits per heavy atom. The van der Waals surface area contributed by atoms with E-state index in [4.69, 9.17) is 9.73 Å². The zero-order chi connectivity index (χ0) is 20.9. The lowest BCUT2D eigenvalue weighted by atomic mass is 9.97. The van der Waals surface area contributed by atoms with Gasteiger partial charge in [-0.05, 0) is 55.7 Å². The van der Waals surface area contributed by atoms with Crippen LogP contribution in [0.1, 0.15) is 45.6 Å². The van der Waals surface area contributed by atoms with Gasteiger partial charge in [0.15, 0.2) is 5.96 Å². The molecule has 0 aromatic heterocycles. The second-order valence-electron chi connectivity index (χ2n) is 8.20. The zero-order valence-electron chi connectivity index (χ0n) is 18.9. The normalized spacial score (nSPS) is 15.2. The molecule has 2 rings (SSSR count). The molecule has 0 unspecified atom stereocenters. The van der Waals surface area contributed by atoms with E-state index >= 15 is 0 Å². The van der Waals surface area contributed by atoms with Crippen molar-refractivity contribution in [2.24, 2.45) is 16.8 Å². The van der Waals surface area contributed by atoms with E-state index in [1.165, 1.54) is 11.3 Å². The number of benzene rings is 1. The van der Waals surface area contributed by atoms with Crippen LogP contribution in [0.2, 0.25) is 0 Å². The van der Waals surface area contributed by atoms with Gasteiger partial charge in [0.2, 0.25) is 0 Å². The van der Waals surface area contributed by atoms with Gasteiger partial charge in [-0.2, -0.15) is 0 Å². The number of nitrogens with zero attached hydrogens (tertiary/aromatic N) is 2. The summed E-state index contributed by atoms with van der Waals surface area (Å²) < 4.78 is 5.66. The Morgan fingerprint density at radius 2 is 1.87 bits per heavy atom. The fraction of sp³-hybridized carbons (Fsp3) is 0.696. The molecule has 0 atom stereocenters. The molecule has 0 amide bonds. The van der Waals surface area contributed by atoms with Crippen LogP contribution in [0, 0.1) is 11.8 Å². The summed E-state index contributed by atoms with van der Waals surface area (Å²) in [5, 5.41) is 15.9. The third-order valence-electron chi connectivity index (χ3n) is 5.32. The number of guanidine groups is 1. The molecule has 30 heavy (non-hydrogen) atoms. The minimum atomic E-state index is 0. The van der Waals surface area contributed by atoms with Gasteiger partial charge in [0.1, 0.15) is 0 Å². The summed E-state index contributed by atoms with van der Waals surface area (Å²) in [5.41, 5.74) is 2.46. The SMILES string of the molecule is CCNC(=NCc1ccc(N2CCC(CO)CC2)cc1)NCCOCCC(C)C.I. The molecule has 0 spiro atoms. The Hall–Kier alpha value is -1.06. The molecule has 0 radical (unpaired) electrons. The lowest BCUT2D eigenvalue weighted by Gasteiger charge is -2.32. The molecular weight excluding hydrogens is 491 g/mol. The topological polar surface area (TPSA) is 69.1 Å². The summed E-state index contributed by atoms with van der Waals surface area (Å²) in [5.74, 6) is 1.98. The van der Waals surface area contributed by atoms with E-state index in [2.05, 4.69) is 60.6 Å².